The van der Waals surface area contributed by atoms with E-state index in [9.17, 15) is 22.9 Å². The van der Waals surface area contributed by atoms with Gasteiger partial charge in [0.05, 0.1) is 10.6 Å². The van der Waals surface area contributed by atoms with Gasteiger partial charge in [-0.1, -0.05) is 24.3 Å². The maximum absolute atomic E-state index is 13.8. The fraction of sp³-hybridized carbons (Fsp3) is 0.174. The number of benzene rings is 2. The van der Waals surface area contributed by atoms with Crippen molar-refractivity contribution < 1.29 is 28.1 Å². The minimum Gasteiger partial charge on any atom is -0.333 e. The quantitative estimate of drug-likeness (QED) is 0.450. The molecule has 172 valence electrons. The van der Waals surface area contributed by atoms with Gasteiger partial charge in [0, 0.05) is 36.9 Å². The number of carbonyl (C=O) groups excluding carboxylic acids is 1. The third kappa shape index (κ3) is 3.85. The predicted molar refractivity (Wildman–Crippen MR) is 113 cm³/mol. The van der Waals surface area contributed by atoms with Crippen LogP contribution in [0.2, 0.25) is 0 Å². The second-order valence-corrected chi connectivity index (χ2v) is 7.89. The van der Waals surface area contributed by atoms with E-state index in [1.54, 1.807) is 4.90 Å². The first kappa shape index (κ1) is 21.6. The van der Waals surface area contributed by atoms with E-state index < -0.39 is 17.8 Å². The van der Waals surface area contributed by atoms with E-state index in [0.29, 0.717) is 29.6 Å². The van der Waals surface area contributed by atoms with Crippen molar-refractivity contribution in [2.75, 3.05) is 6.54 Å². The Bertz CT molecular complexity index is 1430. The second kappa shape index (κ2) is 7.94. The number of rotatable bonds is 3. The zero-order chi connectivity index (χ0) is 24.0. The van der Waals surface area contributed by atoms with Crippen LogP contribution in [0.15, 0.2) is 60.7 Å². The lowest BCUT2D eigenvalue weighted by atomic mass is 10.00. The van der Waals surface area contributed by atoms with Crippen molar-refractivity contribution in [3.8, 4) is 11.3 Å². The summed E-state index contributed by atoms with van der Waals surface area (Å²) in [7, 11) is 0. The minimum absolute atomic E-state index is 0.0208. The Morgan fingerprint density at radius 1 is 1.03 bits per heavy atom. The molecule has 0 spiro atoms. The van der Waals surface area contributed by atoms with Crippen LogP contribution in [0.4, 0.5) is 18.9 Å². The highest BCUT2D eigenvalue weighted by atomic mass is 19.4. The van der Waals surface area contributed by atoms with E-state index in [0.717, 1.165) is 17.2 Å². The highest BCUT2D eigenvalue weighted by Gasteiger charge is 2.36. The van der Waals surface area contributed by atoms with Gasteiger partial charge < -0.3 is 4.90 Å². The summed E-state index contributed by atoms with van der Waals surface area (Å²) in [5.74, 6) is -0.475. The molecule has 4 aromatic rings. The van der Waals surface area contributed by atoms with E-state index in [2.05, 4.69) is 10.1 Å². The number of alkyl halides is 3. The summed E-state index contributed by atoms with van der Waals surface area (Å²) in [5.41, 5.74) is 0.959. The molecule has 11 heteroatoms. The van der Waals surface area contributed by atoms with Gasteiger partial charge in [-0.15, -0.1) is 0 Å². The first-order chi connectivity index (χ1) is 16.2. The smallest absolute Gasteiger partial charge is 0.333 e. The molecule has 3 heterocycles. The lowest BCUT2D eigenvalue weighted by Gasteiger charge is -2.28. The molecule has 0 saturated heterocycles. The van der Waals surface area contributed by atoms with Gasteiger partial charge in [-0.2, -0.15) is 18.3 Å². The number of fused-ring (bicyclic) bond motifs is 2. The maximum Gasteiger partial charge on any atom is 0.433 e. The number of hydrogen-bond donors (Lipinski definition) is 1. The zero-order valence-corrected chi connectivity index (χ0v) is 17.5. The summed E-state index contributed by atoms with van der Waals surface area (Å²) in [5, 5.41) is 12.9. The molecule has 2 aromatic carbocycles. The zero-order valence-electron chi connectivity index (χ0n) is 17.5. The number of hydrogen-bond acceptors (Lipinski definition) is 4. The number of aromatic nitrogens is 3. The molecule has 0 atom stereocenters. The Morgan fingerprint density at radius 2 is 1.74 bits per heavy atom. The van der Waals surface area contributed by atoms with Gasteiger partial charge in [-0.25, -0.2) is 14.7 Å². The molecular formula is C23H17F3N5O3+. The van der Waals surface area contributed by atoms with Gasteiger partial charge in [-0.05, 0) is 35.7 Å². The maximum atomic E-state index is 13.8. The molecule has 1 aliphatic rings. The van der Waals surface area contributed by atoms with Crippen molar-refractivity contribution in [3.63, 3.8) is 0 Å². The number of carbonyl (C=O) groups is 1. The monoisotopic (exact) mass is 468 g/mol. The van der Waals surface area contributed by atoms with E-state index in [1.807, 2.05) is 24.3 Å². The molecule has 1 aliphatic heterocycles. The summed E-state index contributed by atoms with van der Waals surface area (Å²) in [4.78, 5) is 29.5. The standard InChI is InChI=1S/C23H17F3N5O3/c24-23(25,26)20-11-18(15-5-7-17(8-6-15)31(33)34)27-21-12-19(28-30(20)21)22(32)29-10-9-14-3-1-2-4-16(14)13-29/h1-8,11-12H,9-10,13H2,(H,33,34)/q+1. The van der Waals surface area contributed by atoms with Crippen LogP contribution in [0.25, 0.3) is 16.9 Å². The number of amides is 1. The topological polar surface area (TPSA) is 90.8 Å². The van der Waals surface area contributed by atoms with Gasteiger partial charge in [0.1, 0.15) is 0 Å². The Morgan fingerprint density at radius 3 is 2.41 bits per heavy atom. The van der Waals surface area contributed by atoms with Crippen LogP contribution in [0.5, 0.6) is 0 Å². The van der Waals surface area contributed by atoms with E-state index in [4.69, 9.17) is 5.21 Å². The molecule has 0 aliphatic carbocycles. The third-order valence-electron chi connectivity index (χ3n) is 5.74. The van der Waals surface area contributed by atoms with Crippen molar-refractivity contribution in [1.82, 2.24) is 19.5 Å². The Kier molecular flexibility index (Phi) is 5.03. The molecule has 34 heavy (non-hydrogen) atoms. The first-order valence-electron chi connectivity index (χ1n) is 10.3. The van der Waals surface area contributed by atoms with Crippen LogP contribution in [0.3, 0.4) is 0 Å². The molecule has 5 rings (SSSR count). The van der Waals surface area contributed by atoms with Gasteiger partial charge in [0.15, 0.2) is 17.0 Å². The summed E-state index contributed by atoms with van der Waals surface area (Å²) in [6.45, 7) is 0.782. The predicted octanol–water partition coefficient (Wildman–Crippen LogP) is 4.41. The lowest BCUT2D eigenvalue weighted by molar-refractivity contribution is -0.729. The number of nitrogens with zero attached hydrogens (tertiary/aromatic N) is 5. The van der Waals surface area contributed by atoms with Crippen molar-refractivity contribution in [1.29, 1.82) is 0 Å². The highest BCUT2D eigenvalue weighted by molar-refractivity contribution is 5.93. The molecular weight excluding hydrogens is 451 g/mol. The molecule has 1 N–H and O–H groups in total. The van der Waals surface area contributed by atoms with E-state index >= 15 is 0 Å². The molecule has 0 radical (unpaired) electrons. The number of halogens is 3. The first-order valence-corrected chi connectivity index (χ1v) is 10.3. The van der Waals surface area contributed by atoms with Crippen LogP contribution in [0.1, 0.15) is 27.3 Å². The van der Waals surface area contributed by atoms with Gasteiger partial charge in [-0.3, -0.25) is 4.79 Å². The van der Waals surface area contributed by atoms with Gasteiger partial charge >= 0.3 is 11.9 Å². The molecule has 0 unspecified atom stereocenters. The molecule has 2 aromatic heterocycles. The summed E-state index contributed by atoms with van der Waals surface area (Å²) in [6.07, 6.45) is -4.11. The Hall–Kier alpha value is -4.28. The Labute approximate surface area is 190 Å². The van der Waals surface area contributed by atoms with Crippen LogP contribution in [-0.4, -0.2) is 42.1 Å². The molecule has 0 saturated carbocycles. The van der Waals surface area contributed by atoms with Crippen molar-refractivity contribution in [2.24, 2.45) is 0 Å². The molecule has 1 amide bonds. The molecule has 0 fully saturated rings. The van der Waals surface area contributed by atoms with E-state index in [1.165, 1.54) is 30.3 Å². The van der Waals surface area contributed by atoms with Crippen molar-refractivity contribution in [3.05, 3.63) is 88.1 Å². The third-order valence-corrected chi connectivity index (χ3v) is 5.74. The van der Waals surface area contributed by atoms with Gasteiger partial charge in [0.2, 0.25) is 0 Å². The fourth-order valence-electron chi connectivity index (χ4n) is 4.02. The normalized spacial score (nSPS) is 13.7. The second-order valence-electron chi connectivity index (χ2n) is 7.89. The summed E-state index contributed by atoms with van der Waals surface area (Å²) < 4.78 is 42.2. The average Bonchev–Trinajstić information content (AvgIpc) is 3.26. The molecule has 0 bridgehead atoms. The van der Waals surface area contributed by atoms with Gasteiger partial charge in [0.25, 0.3) is 10.8 Å². The Balaban J connectivity index is 1.54. The summed E-state index contributed by atoms with van der Waals surface area (Å²) in [6, 6.07) is 15.0. The summed E-state index contributed by atoms with van der Waals surface area (Å²) >= 11 is 0. The fourth-order valence-corrected chi connectivity index (χ4v) is 4.02. The van der Waals surface area contributed by atoms with Crippen LogP contribution >= 0.6 is 0 Å². The highest BCUT2D eigenvalue weighted by Crippen LogP contribution is 2.33. The van der Waals surface area contributed by atoms with Crippen LogP contribution in [-0.2, 0) is 19.1 Å². The SMILES string of the molecule is O=C(c1cc2nc(-c3ccc([N+](=O)O)cc3)cc(C(F)(F)F)n2n1)N1CCc2ccccc2C1. The lowest BCUT2D eigenvalue weighted by Crippen LogP contribution is -2.36. The van der Waals surface area contributed by atoms with Crippen LogP contribution < -0.4 is 0 Å². The van der Waals surface area contributed by atoms with Crippen molar-refractivity contribution in [2.45, 2.75) is 19.1 Å². The van der Waals surface area contributed by atoms with Crippen molar-refractivity contribution >= 4 is 17.2 Å². The van der Waals surface area contributed by atoms with E-state index in [-0.39, 0.29) is 27.6 Å². The minimum atomic E-state index is -4.76. The average molecular weight is 468 g/mol. The van der Waals surface area contributed by atoms with Crippen LogP contribution in [0, 0.1) is 4.91 Å². The molecule has 8 nitrogen and oxygen atoms in total. The largest absolute Gasteiger partial charge is 0.433 e.